The van der Waals surface area contributed by atoms with Gasteiger partial charge in [-0.25, -0.2) is 8.42 Å². The van der Waals surface area contributed by atoms with Crippen molar-refractivity contribution < 1.29 is 18.0 Å². The third-order valence-corrected chi connectivity index (χ3v) is 7.41. The number of nitrogens with one attached hydrogen (secondary N) is 1. The molecule has 8 heteroatoms. The summed E-state index contributed by atoms with van der Waals surface area (Å²) < 4.78 is 27.1. The SMILES string of the molecule is CC[C@@H](C(=O)NCC(C)C)N(Cc1cccc(C)c1)C(=O)CN(C)S(=O)(=O)c1ccc(C)cc1. The number of rotatable bonds is 11. The molecule has 0 aliphatic heterocycles. The molecule has 2 aromatic carbocycles. The lowest BCUT2D eigenvalue weighted by Gasteiger charge is -2.32. The zero-order valence-corrected chi connectivity index (χ0v) is 21.9. The van der Waals surface area contributed by atoms with Crippen molar-refractivity contribution in [3.63, 3.8) is 0 Å². The Morgan fingerprint density at radius 2 is 1.65 bits per heavy atom. The van der Waals surface area contributed by atoms with Crippen molar-refractivity contribution in [3.8, 4) is 0 Å². The van der Waals surface area contributed by atoms with Crippen molar-refractivity contribution in [1.82, 2.24) is 14.5 Å². The molecule has 0 fully saturated rings. The average molecular weight is 488 g/mol. The number of aryl methyl sites for hydroxylation is 2. The Balaban J connectivity index is 2.31. The molecule has 7 nitrogen and oxygen atoms in total. The van der Waals surface area contributed by atoms with Crippen molar-refractivity contribution in [1.29, 1.82) is 0 Å². The maximum absolute atomic E-state index is 13.5. The lowest BCUT2D eigenvalue weighted by Crippen LogP contribution is -2.52. The smallest absolute Gasteiger partial charge is 0.243 e. The predicted octanol–water partition coefficient (Wildman–Crippen LogP) is 3.50. The highest BCUT2D eigenvalue weighted by Gasteiger charge is 2.31. The number of nitrogens with zero attached hydrogens (tertiary/aromatic N) is 2. The molecule has 0 unspecified atom stereocenters. The van der Waals surface area contributed by atoms with Crippen LogP contribution in [0.3, 0.4) is 0 Å². The van der Waals surface area contributed by atoms with E-state index in [0.717, 1.165) is 21.0 Å². The van der Waals surface area contributed by atoms with Crippen LogP contribution in [0.5, 0.6) is 0 Å². The van der Waals surface area contributed by atoms with Gasteiger partial charge in [-0.3, -0.25) is 9.59 Å². The van der Waals surface area contributed by atoms with Crippen molar-refractivity contribution in [3.05, 3.63) is 65.2 Å². The summed E-state index contributed by atoms with van der Waals surface area (Å²) in [6.45, 7) is 10.0. The van der Waals surface area contributed by atoms with Crippen LogP contribution in [0.1, 0.15) is 43.9 Å². The maximum Gasteiger partial charge on any atom is 0.243 e. The molecule has 2 aromatic rings. The quantitative estimate of drug-likeness (QED) is 0.526. The number of benzene rings is 2. The highest BCUT2D eigenvalue weighted by Crippen LogP contribution is 2.18. The summed E-state index contributed by atoms with van der Waals surface area (Å²) >= 11 is 0. The third-order valence-electron chi connectivity index (χ3n) is 5.59. The summed E-state index contributed by atoms with van der Waals surface area (Å²) in [5.74, 6) is -0.388. The normalized spacial score (nSPS) is 12.6. The number of hydrogen-bond donors (Lipinski definition) is 1. The van der Waals surface area contributed by atoms with Gasteiger partial charge in [0.05, 0.1) is 11.4 Å². The molecule has 2 amide bonds. The molecule has 0 saturated carbocycles. The molecule has 1 N–H and O–H groups in total. The van der Waals surface area contributed by atoms with Gasteiger partial charge in [0.15, 0.2) is 0 Å². The fourth-order valence-electron chi connectivity index (χ4n) is 3.61. The van der Waals surface area contributed by atoms with Gasteiger partial charge in [-0.15, -0.1) is 0 Å². The first-order chi connectivity index (χ1) is 15.9. The van der Waals surface area contributed by atoms with Crippen LogP contribution >= 0.6 is 0 Å². The molecule has 0 bridgehead atoms. The maximum atomic E-state index is 13.5. The van der Waals surface area contributed by atoms with Crippen LogP contribution in [-0.4, -0.2) is 55.6 Å². The van der Waals surface area contributed by atoms with E-state index in [1.54, 1.807) is 12.1 Å². The van der Waals surface area contributed by atoms with Crippen molar-refractivity contribution >= 4 is 21.8 Å². The van der Waals surface area contributed by atoms with Crippen molar-refractivity contribution in [2.24, 2.45) is 5.92 Å². The molecule has 2 rings (SSSR count). The first-order valence-corrected chi connectivity index (χ1v) is 13.1. The Labute approximate surface area is 204 Å². The van der Waals surface area contributed by atoms with Gasteiger partial charge in [-0.2, -0.15) is 4.31 Å². The molecule has 0 radical (unpaired) electrons. The molecular formula is C26H37N3O4S. The van der Waals surface area contributed by atoms with Crippen molar-refractivity contribution in [2.45, 2.75) is 58.5 Å². The fraction of sp³-hybridized carbons (Fsp3) is 0.462. The standard InChI is InChI=1S/C26H37N3O4S/c1-7-24(26(31)27-16-19(2)3)29(17-22-10-8-9-21(5)15-22)25(30)18-28(6)34(32,33)23-13-11-20(4)12-14-23/h8-15,19,24H,7,16-18H2,1-6H3,(H,27,31)/t24-/m0/s1. The van der Waals surface area contributed by atoms with Gasteiger partial charge >= 0.3 is 0 Å². The van der Waals surface area contributed by atoms with E-state index < -0.39 is 22.0 Å². The van der Waals surface area contributed by atoms with Gasteiger partial charge in [-0.1, -0.05) is 68.3 Å². The zero-order valence-electron chi connectivity index (χ0n) is 21.0. The predicted molar refractivity (Wildman–Crippen MR) is 135 cm³/mol. The number of sulfonamides is 1. The third kappa shape index (κ3) is 7.40. The van der Waals surface area contributed by atoms with Gasteiger partial charge in [0.2, 0.25) is 21.8 Å². The fourth-order valence-corrected chi connectivity index (χ4v) is 4.73. The van der Waals surface area contributed by atoms with Crippen LogP contribution in [-0.2, 0) is 26.2 Å². The summed E-state index contributed by atoms with van der Waals surface area (Å²) in [6, 6.07) is 13.5. The van der Waals surface area contributed by atoms with E-state index >= 15 is 0 Å². The zero-order chi connectivity index (χ0) is 25.5. The highest BCUT2D eigenvalue weighted by atomic mass is 32.2. The van der Waals surface area contributed by atoms with Crippen LogP contribution in [0, 0.1) is 19.8 Å². The Hall–Kier alpha value is -2.71. The van der Waals surface area contributed by atoms with E-state index in [9.17, 15) is 18.0 Å². The molecule has 0 saturated heterocycles. The Morgan fingerprint density at radius 1 is 1.00 bits per heavy atom. The number of carbonyl (C=O) groups excluding carboxylic acids is 2. The lowest BCUT2D eigenvalue weighted by atomic mass is 10.1. The summed E-state index contributed by atoms with van der Waals surface area (Å²) in [6.07, 6.45) is 0.413. The molecule has 0 aliphatic carbocycles. The number of hydrogen-bond acceptors (Lipinski definition) is 4. The van der Waals surface area contributed by atoms with E-state index in [2.05, 4.69) is 5.32 Å². The second-order valence-corrected chi connectivity index (χ2v) is 11.2. The van der Waals surface area contributed by atoms with E-state index in [1.807, 2.05) is 58.9 Å². The Morgan fingerprint density at radius 3 is 2.21 bits per heavy atom. The Bertz CT molecular complexity index is 1080. The minimum absolute atomic E-state index is 0.125. The van der Waals surface area contributed by atoms with Gasteiger partial charge in [-0.05, 0) is 43.9 Å². The average Bonchev–Trinajstić information content (AvgIpc) is 2.77. The molecule has 1 atom stereocenters. The number of likely N-dealkylation sites (N-methyl/N-ethyl adjacent to an activating group) is 1. The second kappa shape index (κ2) is 12.1. The van der Waals surface area contributed by atoms with Crippen LogP contribution in [0.15, 0.2) is 53.4 Å². The number of amides is 2. The molecular weight excluding hydrogens is 450 g/mol. The summed E-state index contributed by atoms with van der Waals surface area (Å²) in [4.78, 5) is 28.1. The molecule has 186 valence electrons. The van der Waals surface area contributed by atoms with Gasteiger partial charge < -0.3 is 10.2 Å². The van der Waals surface area contributed by atoms with Gasteiger partial charge in [0, 0.05) is 20.1 Å². The number of carbonyl (C=O) groups is 2. The molecule has 34 heavy (non-hydrogen) atoms. The Kier molecular flexibility index (Phi) is 9.82. The van der Waals surface area contributed by atoms with E-state index in [0.29, 0.717) is 13.0 Å². The molecule has 0 spiro atoms. The summed E-state index contributed by atoms with van der Waals surface area (Å²) in [5.41, 5.74) is 2.87. The van der Waals surface area contributed by atoms with Crippen LogP contribution in [0.2, 0.25) is 0 Å². The minimum Gasteiger partial charge on any atom is -0.354 e. The molecule has 0 heterocycles. The van der Waals surface area contributed by atoms with Crippen LogP contribution < -0.4 is 5.32 Å². The molecule has 0 aliphatic rings. The monoisotopic (exact) mass is 487 g/mol. The van der Waals surface area contributed by atoms with E-state index in [-0.39, 0.29) is 29.8 Å². The van der Waals surface area contributed by atoms with E-state index in [1.165, 1.54) is 24.1 Å². The summed E-state index contributed by atoms with van der Waals surface area (Å²) in [7, 11) is -2.47. The first-order valence-electron chi connectivity index (χ1n) is 11.6. The largest absolute Gasteiger partial charge is 0.354 e. The second-order valence-electron chi connectivity index (χ2n) is 9.15. The van der Waals surface area contributed by atoms with Crippen LogP contribution in [0.4, 0.5) is 0 Å². The first kappa shape index (κ1) is 27.5. The minimum atomic E-state index is -3.85. The van der Waals surface area contributed by atoms with Gasteiger partial charge in [0.25, 0.3) is 0 Å². The molecule has 0 aromatic heterocycles. The highest BCUT2D eigenvalue weighted by molar-refractivity contribution is 7.89. The topological polar surface area (TPSA) is 86.8 Å². The summed E-state index contributed by atoms with van der Waals surface area (Å²) in [5, 5.41) is 2.92. The lowest BCUT2D eigenvalue weighted by molar-refractivity contribution is -0.141. The van der Waals surface area contributed by atoms with E-state index in [4.69, 9.17) is 0 Å². The van der Waals surface area contributed by atoms with Crippen LogP contribution in [0.25, 0.3) is 0 Å². The van der Waals surface area contributed by atoms with Crippen molar-refractivity contribution in [2.75, 3.05) is 20.1 Å². The van der Waals surface area contributed by atoms with Gasteiger partial charge in [0.1, 0.15) is 6.04 Å².